The summed E-state index contributed by atoms with van der Waals surface area (Å²) in [5, 5.41) is 2.43. The minimum absolute atomic E-state index is 0.0472. The molecule has 8 heteroatoms. The number of ether oxygens (including phenoxy) is 1. The molecular formula is C17H21F3N2O3. The van der Waals surface area contributed by atoms with E-state index in [9.17, 15) is 22.8 Å². The predicted molar refractivity (Wildman–Crippen MR) is 87.3 cm³/mol. The zero-order chi connectivity index (χ0) is 18.6. The molecule has 0 heterocycles. The summed E-state index contributed by atoms with van der Waals surface area (Å²) in [6.45, 7) is 4.36. The fourth-order valence-electron chi connectivity index (χ4n) is 2.41. The first kappa shape index (κ1) is 19.1. The van der Waals surface area contributed by atoms with E-state index in [0.717, 1.165) is 25.0 Å². The minimum Gasteiger partial charge on any atom is -0.455 e. The molecule has 1 N–H and O–H groups in total. The third-order valence-electron chi connectivity index (χ3n) is 3.96. The van der Waals surface area contributed by atoms with Gasteiger partial charge in [0.25, 0.3) is 5.91 Å². The van der Waals surface area contributed by atoms with Crippen molar-refractivity contribution in [3.05, 3.63) is 23.8 Å². The first-order valence-corrected chi connectivity index (χ1v) is 8.19. The standard InChI is InChI=1S/C17H21F3N2O3/c1-3-22(4-2)14-8-7-12(17(18,19)20)9-13(14)21-15(23)10-25-16(24)11-5-6-11/h7-9,11H,3-6,10H2,1-2H3,(H,21,23). The van der Waals surface area contributed by atoms with E-state index in [4.69, 9.17) is 4.74 Å². The molecule has 25 heavy (non-hydrogen) atoms. The summed E-state index contributed by atoms with van der Waals surface area (Å²) in [6, 6.07) is 3.21. The number of carbonyl (C=O) groups excluding carboxylic acids is 2. The summed E-state index contributed by atoms with van der Waals surface area (Å²) in [7, 11) is 0. The molecule has 0 bridgehead atoms. The smallest absolute Gasteiger partial charge is 0.416 e. The van der Waals surface area contributed by atoms with Crippen molar-refractivity contribution in [3.8, 4) is 0 Å². The van der Waals surface area contributed by atoms with Gasteiger partial charge in [0.05, 0.1) is 22.9 Å². The van der Waals surface area contributed by atoms with Crippen LogP contribution in [-0.4, -0.2) is 31.6 Å². The molecule has 0 aliphatic heterocycles. The quantitative estimate of drug-likeness (QED) is 0.759. The molecular weight excluding hydrogens is 337 g/mol. The van der Waals surface area contributed by atoms with Gasteiger partial charge >= 0.3 is 12.1 Å². The maximum atomic E-state index is 13.0. The number of hydrogen-bond donors (Lipinski definition) is 1. The van der Waals surface area contributed by atoms with Gasteiger partial charge in [-0.2, -0.15) is 13.2 Å². The summed E-state index contributed by atoms with van der Waals surface area (Å²) in [5.41, 5.74) is -0.320. The van der Waals surface area contributed by atoms with E-state index >= 15 is 0 Å². The topological polar surface area (TPSA) is 58.6 Å². The number of anilines is 2. The van der Waals surface area contributed by atoms with Crippen molar-refractivity contribution in [2.24, 2.45) is 5.92 Å². The molecule has 1 amide bonds. The first-order chi connectivity index (χ1) is 11.8. The highest BCUT2D eigenvalue weighted by Crippen LogP contribution is 2.35. The molecule has 1 fully saturated rings. The molecule has 138 valence electrons. The summed E-state index contributed by atoms with van der Waals surface area (Å²) in [5.74, 6) is -1.25. The fraction of sp³-hybridized carbons (Fsp3) is 0.529. The molecule has 0 atom stereocenters. The Hall–Kier alpha value is -2.25. The van der Waals surface area contributed by atoms with Crippen LogP contribution in [0.5, 0.6) is 0 Å². The summed E-state index contributed by atoms with van der Waals surface area (Å²) < 4.78 is 43.7. The van der Waals surface area contributed by atoms with Gasteiger partial charge in [0.1, 0.15) is 0 Å². The van der Waals surface area contributed by atoms with Crippen molar-refractivity contribution in [2.45, 2.75) is 32.9 Å². The first-order valence-electron chi connectivity index (χ1n) is 8.19. The van der Waals surface area contributed by atoms with Gasteiger partial charge in [-0.05, 0) is 44.9 Å². The van der Waals surface area contributed by atoms with Gasteiger partial charge in [-0.3, -0.25) is 9.59 Å². The van der Waals surface area contributed by atoms with Gasteiger partial charge in [0.15, 0.2) is 6.61 Å². The van der Waals surface area contributed by atoms with E-state index in [-0.39, 0.29) is 11.6 Å². The second-order valence-electron chi connectivity index (χ2n) is 5.83. The highest BCUT2D eigenvalue weighted by atomic mass is 19.4. The van der Waals surface area contributed by atoms with Crippen LogP contribution in [0, 0.1) is 5.92 Å². The van der Waals surface area contributed by atoms with Crippen LogP contribution in [0.3, 0.4) is 0 Å². The fourth-order valence-corrected chi connectivity index (χ4v) is 2.41. The SMILES string of the molecule is CCN(CC)c1ccc(C(F)(F)F)cc1NC(=O)COC(=O)C1CC1. The molecule has 1 aliphatic rings. The van der Waals surface area contributed by atoms with Crippen molar-refractivity contribution in [1.29, 1.82) is 0 Å². The van der Waals surface area contributed by atoms with Crippen LogP contribution < -0.4 is 10.2 Å². The third kappa shape index (κ3) is 5.11. The maximum absolute atomic E-state index is 13.0. The monoisotopic (exact) mass is 358 g/mol. The van der Waals surface area contributed by atoms with Gasteiger partial charge in [-0.25, -0.2) is 0 Å². The second kappa shape index (κ2) is 7.76. The van der Waals surface area contributed by atoms with Crippen LogP contribution in [0.4, 0.5) is 24.5 Å². The average Bonchev–Trinajstić information content (AvgIpc) is 3.39. The van der Waals surface area contributed by atoms with E-state index in [2.05, 4.69) is 5.32 Å². The number of carbonyl (C=O) groups is 2. The number of amides is 1. The summed E-state index contributed by atoms with van der Waals surface area (Å²) in [4.78, 5) is 25.3. The van der Waals surface area contributed by atoms with Crippen LogP contribution in [0.1, 0.15) is 32.3 Å². The van der Waals surface area contributed by atoms with E-state index < -0.39 is 30.2 Å². The Labute approximate surface area is 144 Å². The predicted octanol–water partition coefficient (Wildman–Crippen LogP) is 3.44. The van der Waals surface area contributed by atoms with Crippen LogP contribution >= 0.6 is 0 Å². The highest BCUT2D eigenvalue weighted by Gasteiger charge is 2.33. The normalized spacial score (nSPS) is 14.1. The number of halogens is 3. The van der Waals surface area contributed by atoms with Crippen molar-refractivity contribution in [2.75, 3.05) is 29.9 Å². The van der Waals surface area contributed by atoms with Crippen LogP contribution in [0.2, 0.25) is 0 Å². The number of alkyl halides is 3. The van der Waals surface area contributed by atoms with Gasteiger partial charge < -0.3 is 15.0 Å². The van der Waals surface area contributed by atoms with Gasteiger partial charge in [0, 0.05) is 13.1 Å². The molecule has 1 aliphatic carbocycles. The third-order valence-corrected chi connectivity index (χ3v) is 3.96. The Morgan fingerprint density at radius 1 is 1.24 bits per heavy atom. The molecule has 0 aromatic heterocycles. The van der Waals surface area contributed by atoms with Crippen LogP contribution in [0.25, 0.3) is 0 Å². The van der Waals surface area contributed by atoms with Gasteiger partial charge in [-0.1, -0.05) is 0 Å². The number of nitrogens with one attached hydrogen (secondary N) is 1. The molecule has 1 aromatic carbocycles. The number of benzene rings is 1. The van der Waals surface area contributed by atoms with Crippen molar-refractivity contribution >= 4 is 23.3 Å². The van der Waals surface area contributed by atoms with E-state index in [1.54, 1.807) is 0 Å². The van der Waals surface area contributed by atoms with E-state index in [1.807, 2.05) is 18.7 Å². The average molecular weight is 358 g/mol. The Bertz CT molecular complexity index is 639. The van der Waals surface area contributed by atoms with Crippen molar-refractivity contribution in [1.82, 2.24) is 0 Å². The molecule has 0 saturated heterocycles. The minimum atomic E-state index is -4.51. The van der Waals surface area contributed by atoms with E-state index in [0.29, 0.717) is 18.8 Å². The number of esters is 1. The summed E-state index contributed by atoms with van der Waals surface area (Å²) in [6.07, 6.45) is -3.01. The summed E-state index contributed by atoms with van der Waals surface area (Å²) >= 11 is 0. The van der Waals surface area contributed by atoms with E-state index in [1.165, 1.54) is 6.07 Å². The molecule has 1 saturated carbocycles. The molecule has 0 radical (unpaired) electrons. The van der Waals surface area contributed by atoms with Crippen molar-refractivity contribution < 1.29 is 27.5 Å². The Balaban J connectivity index is 2.16. The van der Waals surface area contributed by atoms with Gasteiger partial charge in [-0.15, -0.1) is 0 Å². The van der Waals surface area contributed by atoms with Crippen LogP contribution in [0.15, 0.2) is 18.2 Å². The second-order valence-corrected chi connectivity index (χ2v) is 5.83. The number of hydrogen-bond acceptors (Lipinski definition) is 4. The Morgan fingerprint density at radius 2 is 1.88 bits per heavy atom. The lowest BCUT2D eigenvalue weighted by atomic mass is 10.1. The molecule has 0 spiro atoms. The van der Waals surface area contributed by atoms with Gasteiger partial charge in [0.2, 0.25) is 0 Å². The number of rotatable bonds is 7. The lowest BCUT2D eigenvalue weighted by Crippen LogP contribution is -2.26. The zero-order valence-electron chi connectivity index (χ0n) is 14.2. The molecule has 5 nitrogen and oxygen atoms in total. The Kier molecular flexibility index (Phi) is 5.92. The molecule has 1 aromatic rings. The zero-order valence-corrected chi connectivity index (χ0v) is 14.2. The largest absolute Gasteiger partial charge is 0.455 e. The number of nitrogens with zero attached hydrogens (tertiary/aromatic N) is 1. The lowest BCUT2D eigenvalue weighted by molar-refractivity contribution is -0.148. The molecule has 0 unspecified atom stereocenters. The lowest BCUT2D eigenvalue weighted by Gasteiger charge is -2.25. The van der Waals surface area contributed by atoms with Crippen LogP contribution in [-0.2, 0) is 20.5 Å². The molecule has 2 rings (SSSR count). The Morgan fingerprint density at radius 3 is 2.40 bits per heavy atom. The maximum Gasteiger partial charge on any atom is 0.416 e. The van der Waals surface area contributed by atoms with Crippen molar-refractivity contribution in [3.63, 3.8) is 0 Å². The highest BCUT2D eigenvalue weighted by molar-refractivity contribution is 5.96.